The molecule has 0 amide bonds. The molecular weight excluding hydrogens is 284 g/mol. The van der Waals surface area contributed by atoms with Gasteiger partial charge in [-0.3, -0.25) is 0 Å². The van der Waals surface area contributed by atoms with E-state index in [0.29, 0.717) is 6.54 Å². The summed E-state index contributed by atoms with van der Waals surface area (Å²) in [7, 11) is 0. The molecule has 0 radical (unpaired) electrons. The Morgan fingerprint density at radius 2 is 1.59 bits per heavy atom. The van der Waals surface area contributed by atoms with E-state index >= 15 is 0 Å². The Morgan fingerprint density at radius 1 is 0.955 bits per heavy atom. The summed E-state index contributed by atoms with van der Waals surface area (Å²) >= 11 is 0. The van der Waals surface area contributed by atoms with Gasteiger partial charge >= 0.3 is 0 Å². The summed E-state index contributed by atoms with van der Waals surface area (Å²) in [5.41, 5.74) is 1.63. The van der Waals surface area contributed by atoms with Crippen molar-refractivity contribution >= 4 is 0 Å². The van der Waals surface area contributed by atoms with E-state index in [1.807, 2.05) is 6.07 Å². The van der Waals surface area contributed by atoms with E-state index in [4.69, 9.17) is 4.74 Å². The lowest BCUT2D eigenvalue weighted by Gasteiger charge is -2.20. The Morgan fingerprint density at radius 3 is 2.18 bits per heavy atom. The summed E-state index contributed by atoms with van der Waals surface area (Å²) in [5, 5.41) is 3.30. The lowest BCUT2D eigenvalue weighted by Crippen LogP contribution is -2.35. The Balaban J connectivity index is 1.96. The molecule has 2 aromatic carbocycles. The highest BCUT2D eigenvalue weighted by Crippen LogP contribution is 2.20. The zero-order chi connectivity index (χ0) is 16.2. The lowest BCUT2D eigenvalue weighted by molar-refractivity contribution is 0.290. The van der Waals surface area contributed by atoms with Gasteiger partial charge in [-0.05, 0) is 56.2 Å². The molecule has 118 valence electrons. The maximum absolute atomic E-state index is 14.0. The molecule has 0 saturated heterocycles. The van der Waals surface area contributed by atoms with Gasteiger partial charge in [0.15, 0.2) is 11.6 Å². The highest BCUT2D eigenvalue weighted by atomic mass is 19.1. The fourth-order valence-corrected chi connectivity index (χ4v) is 1.88. The van der Waals surface area contributed by atoms with E-state index in [1.165, 1.54) is 18.2 Å². The number of nitrogens with one attached hydrogen (secondary N) is 1. The summed E-state index contributed by atoms with van der Waals surface area (Å²) in [6.07, 6.45) is 0. The molecule has 0 fully saturated rings. The molecule has 22 heavy (non-hydrogen) atoms. The van der Waals surface area contributed by atoms with Crippen LogP contribution in [0.4, 0.5) is 8.78 Å². The molecule has 0 spiro atoms. The smallest absolute Gasteiger partial charge is 0.165 e. The van der Waals surface area contributed by atoms with Gasteiger partial charge in [0.2, 0.25) is 0 Å². The maximum atomic E-state index is 14.0. The third-order valence-corrected chi connectivity index (χ3v) is 3.13. The van der Waals surface area contributed by atoms with Gasteiger partial charge in [0, 0.05) is 12.1 Å². The van der Waals surface area contributed by atoms with E-state index in [-0.39, 0.29) is 23.7 Å². The number of benzene rings is 2. The first-order valence-corrected chi connectivity index (χ1v) is 7.24. The Kier molecular flexibility index (Phi) is 5.14. The van der Waals surface area contributed by atoms with E-state index in [9.17, 15) is 8.78 Å². The summed E-state index contributed by atoms with van der Waals surface area (Å²) in [4.78, 5) is 0. The lowest BCUT2D eigenvalue weighted by atomic mass is 10.1. The van der Waals surface area contributed by atoms with E-state index in [0.717, 1.165) is 11.1 Å². The molecule has 0 heterocycles. The van der Waals surface area contributed by atoms with Crippen LogP contribution in [0.2, 0.25) is 0 Å². The molecule has 0 atom stereocenters. The van der Waals surface area contributed by atoms with Crippen LogP contribution in [-0.4, -0.2) is 5.54 Å². The quantitative estimate of drug-likeness (QED) is 0.882. The predicted octanol–water partition coefficient (Wildman–Crippen LogP) is 4.43. The molecule has 0 aliphatic heterocycles. The van der Waals surface area contributed by atoms with Crippen molar-refractivity contribution in [3.05, 3.63) is 65.2 Å². The van der Waals surface area contributed by atoms with Gasteiger partial charge in [0.25, 0.3) is 0 Å². The summed E-state index contributed by atoms with van der Waals surface area (Å²) in [6.45, 7) is 6.98. The van der Waals surface area contributed by atoms with Crippen LogP contribution in [0.3, 0.4) is 0 Å². The van der Waals surface area contributed by atoms with E-state index < -0.39 is 5.82 Å². The van der Waals surface area contributed by atoms with Crippen molar-refractivity contribution in [1.82, 2.24) is 5.32 Å². The summed E-state index contributed by atoms with van der Waals surface area (Å²) < 4.78 is 32.3. The predicted molar refractivity (Wildman–Crippen MR) is 83.7 cm³/mol. The molecule has 4 heteroatoms. The van der Waals surface area contributed by atoms with Gasteiger partial charge in [-0.25, -0.2) is 8.78 Å². The molecule has 0 unspecified atom stereocenters. The standard InChI is InChI=1S/C18H21F2NO/c1-18(2,3)21-11-14-6-9-17(16(20)10-14)22-12-13-4-7-15(19)8-5-13/h4-10,21H,11-12H2,1-3H3. The average molecular weight is 305 g/mol. The third kappa shape index (κ3) is 5.11. The van der Waals surface area contributed by atoms with Crippen LogP contribution >= 0.6 is 0 Å². The molecule has 2 rings (SSSR count). The zero-order valence-corrected chi connectivity index (χ0v) is 13.1. The SMILES string of the molecule is CC(C)(C)NCc1ccc(OCc2ccc(F)cc2)c(F)c1. The molecule has 2 nitrogen and oxygen atoms in total. The second-order valence-electron chi connectivity index (χ2n) is 6.28. The van der Waals surface area contributed by atoms with Gasteiger partial charge in [0.1, 0.15) is 12.4 Å². The van der Waals surface area contributed by atoms with Gasteiger partial charge < -0.3 is 10.1 Å². The van der Waals surface area contributed by atoms with Crippen LogP contribution < -0.4 is 10.1 Å². The minimum atomic E-state index is -0.393. The highest BCUT2D eigenvalue weighted by molar-refractivity contribution is 5.30. The highest BCUT2D eigenvalue weighted by Gasteiger charge is 2.10. The number of ether oxygens (including phenoxy) is 1. The second kappa shape index (κ2) is 6.88. The number of hydrogen-bond acceptors (Lipinski definition) is 2. The first-order chi connectivity index (χ1) is 10.3. The second-order valence-corrected chi connectivity index (χ2v) is 6.28. The van der Waals surface area contributed by atoms with Crippen LogP contribution in [0.1, 0.15) is 31.9 Å². The van der Waals surface area contributed by atoms with E-state index in [1.54, 1.807) is 18.2 Å². The van der Waals surface area contributed by atoms with Crippen molar-refractivity contribution < 1.29 is 13.5 Å². The fourth-order valence-electron chi connectivity index (χ4n) is 1.88. The van der Waals surface area contributed by atoms with Crippen molar-refractivity contribution in [1.29, 1.82) is 0 Å². The van der Waals surface area contributed by atoms with Crippen LogP contribution in [0, 0.1) is 11.6 Å². The molecule has 2 aromatic rings. The minimum Gasteiger partial charge on any atom is -0.486 e. The summed E-state index contributed by atoms with van der Waals surface area (Å²) in [5.74, 6) is -0.496. The molecule has 0 aliphatic rings. The molecule has 1 N–H and O–H groups in total. The molecule has 0 bridgehead atoms. The van der Waals surface area contributed by atoms with Crippen LogP contribution in [-0.2, 0) is 13.2 Å². The first kappa shape index (κ1) is 16.4. The van der Waals surface area contributed by atoms with Gasteiger partial charge in [-0.1, -0.05) is 18.2 Å². The summed E-state index contributed by atoms with van der Waals surface area (Å²) in [6, 6.07) is 10.9. The fraction of sp³-hybridized carbons (Fsp3) is 0.333. The van der Waals surface area contributed by atoms with Crippen molar-refractivity contribution in [3.8, 4) is 5.75 Å². The maximum Gasteiger partial charge on any atom is 0.165 e. The normalized spacial score (nSPS) is 11.5. The Bertz CT molecular complexity index is 618. The monoisotopic (exact) mass is 305 g/mol. The number of hydrogen-bond donors (Lipinski definition) is 1. The van der Waals surface area contributed by atoms with Crippen LogP contribution in [0.15, 0.2) is 42.5 Å². The Labute approximate surface area is 130 Å². The molecule has 0 aromatic heterocycles. The Hall–Kier alpha value is -1.94. The zero-order valence-electron chi connectivity index (χ0n) is 13.1. The van der Waals surface area contributed by atoms with Crippen molar-refractivity contribution in [2.75, 3.05) is 0 Å². The molecule has 0 saturated carbocycles. The third-order valence-electron chi connectivity index (χ3n) is 3.13. The largest absolute Gasteiger partial charge is 0.486 e. The van der Waals surface area contributed by atoms with Crippen molar-refractivity contribution in [3.63, 3.8) is 0 Å². The first-order valence-electron chi connectivity index (χ1n) is 7.24. The average Bonchev–Trinajstić information content (AvgIpc) is 2.45. The number of rotatable bonds is 5. The van der Waals surface area contributed by atoms with Crippen LogP contribution in [0.5, 0.6) is 5.75 Å². The number of halogens is 2. The molecular formula is C18H21F2NO. The van der Waals surface area contributed by atoms with Crippen LogP contribution in [0.25, 0.3) is 0 Å². The molecule has 0 aliphatic carbocycles. The van der Waals surface area contributed by atoms with E-state index in [2.05, 4.69) is 26.1 Å². The van der Waals surface area contributed by atoms with Gasteiger partial charge in [-0.2, -0.15) is 0 Å². The topological polar surface area (TPSA) is 21.3 Å². The minimum absolute atomic E-state index is 0.0196. The van der Waals surface area contributed by atoms with Crippen molar-refractivity contribution in [2.24, 2.45) is 0 Å². The van der Waals surface area contributed by atoms with Gasteiger partial charge in [0.05, 0.1) is 0 Å². The van der Waals surface area contributed by atoms with Crippen molar-refractivity contribution in [2.45, 2.75) is 39.5 Å². The van der Waals surface area contributed by atoms with Gasteiger partial charge in [-0.15, -0.1) is 0 Å².